The van der Waals surface area contributed by atoms with Gasteiger partial charge in [0.15, 0.2) is 0 Å². The van der Waals surface area contributed by atoms with Crippen LogP contribution in [0.15, 0.2) is 12.1 Å². The highest BCUT2D eigenvalue weighted by Gasteiger charge is 2.21. The van der Waals surface area contributed by atoms with Gasteiger partial charge in [0.2, 0.25) is 0 Å². The van der Waals surface area contributed by atoms with Crippen molar-refractivity contribution in [1.29, 1.82) is 0 Å². The number of non-ortho nitro benzene ring substituents is 1. The van der Waals surface area contributed by atoms with Gasteiger partial charge in [-0.15, -0.1) is 0 Å². The number of carbonyl (C=O) groups is 1. The van der Waals surface area contributed by atoms with E-state index in [0.717, 1.165) is 18.9 Å². The zero-order chi connectivity index (χ0) is 15.4. The van der Waals surface area contributed by atoms with Crippen molar-refractivity contribution in [2.75, 3.05) is 11.9 Å². The van der Waals surface area contributed by atoms with Crippen molar-refractivity contribution in [2.45, 2.75) is 32.1 Å². The SMILES string of the molecule is O=C(O)c1cc([N+](=O)[O-])cc(Cl)c1NCC1CCCCC1. The summed E-state index contributed by atoms with van der Waals surface area (Å²) < 4.78 is 0. The first-order valence-electron chi connectivity index (χ1n) is 6.94. The number of aromatic carboxylic acids is 1. The summed E-state index contributed by atoms with van der Waals surface area (Å²) in [7, 11) is 0. The van der Waals surface area contributed by atoms with Crippen molar-refractivity contribution in [2.24, 2.45) is 5.92 Å². The fourth-order valence-electron chi connectivity index (χ4n) is 2.68. The molecule has 114 valence electrons. The van der Waals surface area contributed by atoms with Gasteiger partial charge in [0.25, 0.3) is 5.69 Å². The number of hydrogen-bond donors (Lipinski definition) is 2. The number of anilines is 1. The Hall–Kier alpha value is -1.82. The van der Waals surface area contributed by atoms with Crippen LogP contribution in [-0.2, 0) is 0 Å². The second-order valence-corrected chi connectivity index (χ2v) is 5.70. The molecule has 0 aliphatic heterocycles. The normalized spacial score (nSPS) is 15.7. The zero-order valence-corrected chi connectivity index (χ0v) is 12.2. The van der Waals surface area contributed by atoms with Crippen LogP contribution in [0.5, 0.6) is 0 Å². The van der Waals surface area contributed by atoms with Gasteiger partial charge in [-0.1, -0.05) is 30.9 Å². The third-order valence-corrected chi connectivity index (χ3v) is 4.11. The van der Waals surface area contributed by atoms with Crippen LogP contribution in [0.4, 0.5) is 11.4 Å². The molecule has 0 bridgehead atoms. The lowest BCUT2D eigenvalue weighted by Gasteiger charge is -2.23. The summed E-state index contributed by atoms with van der Waals surface area (Å²) in [6.45, 7) is 0.637. The van der Waals surface area contributed by atoms with E-state index in [-0.39, 0.29) is 22.0 Å². The Morgan fingerprint density at radius 2 is 2.05 bits per heavy atom. The molecule has 0 radical (unpaired) electrons. The average Bonchev–Trinajstić information content (AvgIpc) is 2.46. The number of hydrogen-bond acceptors (Lipinski definition) is 4. The van der Waals surface area contributed by atoms with Crippen LogP contribution >= 0.6 is 11.6 Å². The lowest BCUT2D eigenvalue weighted by Crippen LogP contribution is -2.18. The van der Waals surface area contributed by atoms with Crippen molar-refractivity contribution >= 4 is 28.9 Å². The van der Waals surface area contributed by atoms with Crippen molar-refractivity contribution in [1.82, 2.24) is 0 Å². The largest absolute Gasteiger partial charge is 0.478 e. The highest BCUT2D eigenvalue weighted by molar-refractivity contribution is 6.34. The predicted octanol–water partition coefficient (Wildman–Crippen LogP) is 3.94. The summed E-state index contributed by atoms with van der Waals surface area (Å²) in [5.41, 5.74) is -0.217. The Kier molecular flexibility index (Phi) is 5.01. The van der Waals surface area contributed by atoms with Crippen molar-refractivity contribution in [3.05, 3.63) is 32.8 Å². The molecule has 0 amide bonds. The number of nitrogens with zero attached hydrogens (tertiary/aromatic N) is 1. The molecular formula is C14H17ClN2O4. The van der Waals surface area contributed by atoms with Crippen LogP contribution in [0.25, 0.3) is 0 Å². The predicted molar refractivity (Wildman–Crippen MR) is 80.1 cm³/mol. The number of carboxylic acids is 1. The van der Waals surface area contributed by atoms with Gasteiger partial charge >= 0.3 is 5.97 Å². The van der Waals surface area contributed by atoms with Gasteiger partial charge in [0, 0.05) is 18.7 Å². The fraction of sp³-hybridized carbons (Fsp3) is 0.500. The van der Waals surface area contributed by atoms with E-state index < -0.39 is 10.9 Å². The maximum Gasteiger partial charge on any atom is 0.338 e. The first-order chi connectivity index (χ1) is 9.99. The van der Waals surface area contributed by atoms with Crippen molar-refractivity contribution in [3.8, 4) is 0 Å². The molecule has 1 aliphatic carbocycles. The van der Waals surface area contributed by atoms with Crippen LogP contribution in [0, 0.1) is 16.0 Å². The topological polar surface area (TPSA) is 92.5 Å². The number of halogens is 1. The number of nitro groups is 1. The Labute approximate surface area is 127 Å². The molecular weight excluding hydrogens is 296 g/mol. The molecule has 6 nitrogen and oxygen atoms in total. The van der Waals surface area contributed by atoms with Gasteiger partial charge in [-0.25, -0.2) is 4.79 Å². The van der Waals surface area contributed by atoms with Gasteiger partial charge in [0.1, 0.15) is 0 Å². The van der Waals surface area contributed by atoms with E-state index in [2.05, 4.69) is 5.32 Å². The molecule has 0 unspecified atom stereocenters. The minimum absolute atomic E-state index is 0.0670. The number of benzene rings is 1. The molecule has 1 aromatic carbocycles. The molecule has 0 heterocycles. The van der Waals surface area contributed by atoms with Gasteiger partial charge in [-0.2, -0.15) is 0 Å². The van der Waals surface area contributed by atoms with E-state index in [0.29, 0.717) is 12.5 Å². The zero-order valence-electron chi connectivity index (χ0n) is 11.5. The number of nitrogens with one attached hydrogen (secondary N) is 1. The molecule has 1 aromatic rings. The maximum absolute atomic E-state index is 11.3. The first kappa shape index (κ1) is 15.6. The summed E-state index contributed by atoms with van der Waals surface area (Å²) in [6.07, 6.45) is 5.84. The molecule has 0 atom stereocenters. The minimum atomic E-state index is -1.23. The molecule has 0 saturated heterocycles. The van der Waals surface area contributed by atoms with E-state index in [1.54, 1.807) is 0 Å². The van der Waals surface area contributed by atoms with Crippen LogP contribution in [0.2, 0.25) is 5.02 Å². The Balaban J connectivity index is 2.20. The number of nitro benzene ring substituents is 1. The molecule has 2 N–H and O–H groups in total. The average molecular weight is 313 g/mol. The quantitative estimate of drug-likeness (QED) is 0.634. The molecule has 0 spiro atoms. The third kappa shape index (κ3) is 3.85. The minimum Gasteiger partial charge on any atom is -0.478 e. The highest BCUT2D eigenvalue weighted by Crippen LogP contribution is 2.32. The van der Waals surface area contributed by atoms with Crippen LogP contribution in [-0.4, -0.2) is 22.5 Å². The fourth-order valence-corrected chi connectivity index (χ4v) is 2.96. The molecule has 7 heteroatoms. The van der Waals surface area contributed by atoms with E-state index in [1.807, 2.05) is 0 Å². The lowest BCUT2D eigenvalue weighted by molar-refractivity contribution is -0.384. The summed E-state index contributed by atoms with van der Waals surface area (Å²) >= 11 is 6.01. The Morgan fingerprint density at radius 3 is 2.62 bits per heavy atom. The van der Waals surface area contributed by atoms with Gasteiger partial charge < -0.3 is 10.4 Å². The van der Waals surface area contributed by atoms with Crippen molar-refractivity contribution < 1.29 is 14.8 Å². The molecule has 2 rings (SSSR count). The van der Waals surface area contributed by atoms with E-state index in [9.17, 15) is 20.0 Å². The lowest BCUT2D eigenvalue weighted by atomic mass is 9.89. The second-order valence-electron chi connectivity index (χ2n) is 5.30. The highest BCUT2D eigenvalue weighted by atomic mass is 35.5. The molecule has 0 aromatic heterocycles. The number of carboxylic acid groups (broad SMARTS) is 1. The maximum atomic E-state index is 11.3. The number of rotatable bonds is 5. The summed E-state index contributed by atoms with van der Waals surface area (Å²) in [4.78, 5) is 21.4. The van der Waals surface area contributed by atoms with Crippen LogP contribution in [0.3, 0.4) is 0 Å². The molecule has 1 saturated carbocycles. The second kappa shape index (κ2) is 6.76. The summed E-state index contributed by atoms with van der Waals surface area (Å²) in [6, 6.07) is 2.22. The van der Waals surface area contributed by atoms with E-state index >= 15 is 0 Å². The van der Waals surface area contributed by atoms with E-state index in [1.165, 1.54) is 25.3 Å². The smallest absolute Gasteiger partial charge is 0.338 e. The van der Waals surface area contributed by atoms with Gasteiger partial charge in [0.05, 0.1) is 21.2 Å². The van der Waals surface area contributed by atoms with Gasteiger partial charge in [-0.05, 0) is 18.8 Å². The van der Waals surface area contributed by atoms with Crippen molar-refractivity contribution in [3.63, 3.8) is 0 Å². The summed E-state index contributed by atoms with van der Waals surface area (Å²) in [5, 5.41) is 23.1. The summed E-state index contributed by atoms with van der Waals surface area (Å²) in [5.74, 6) is -0.738. The third-order valence-electron chi connectivity index (χ3n) is 3.81. The van der Waals surface area contributed by atoms with E-state index in [4.69, 9.17) is 11.6 Å². The standard InChI is InChI=1S/C14H17ClN2O4/c15-12-7-10(17(20)21)6-11(14(18)19)13(12)16-8-9-4-2-1-3-5-9/h6-7,9,16H,1-5,8H2,(H,18,19). The first-order valence-corrected chi connectivity index (χ1v) is 7.32. The van der Waals surface area contributed by atoms with Gasteiger partial charge in [-0.3, -0.25) is 10.1 Å². The monoisotopic (exact) mass is 312 g/mol. The molecule has 1 fully saturated rings. The molecule has 1 aliphatic rings. The molecule has 21 heavy (non-hydrogen) atoms. The Bertz CT molecular complexity index is 556. The van der Waals surface area contributed by atoms with Crippen LogP contribution in [0.1, 0.15) is 42.5 Å². The van der Waals surface area contributed by atoms with Crippen LogP contribution < -0.4 is 5.32 Å². The Morgan fingerprint density at radius 1 is 1.38 bits per heavy atom.